The van der Waals surface area contributed by atoms with E-state index in [1.165, 1.54) is 6.42 Å². The molecule has 1 fully saturated rings. The fraction of sp³-hybridized carbons (Fsp3) is 0.562. The quantitative estimate of drug-likeness (QED) is 0.885. The normalized spacial score (nSPS) is 24.1. The highest BCUT2D eigenvalue weighted by Gasteiger charge is 2.24. The van der Waals surface area contributed by atoms with Gasteiger partial charge in [-0.1, -0.05) is 37.3 Å². The Labute approximate surface area is 115 Å². The van der Waals surface area contributed by atoms with Gasteiger partial charge in [0.05, 0.1) is 6.61 Å². The van der Waals surface area contributed by atoms with Crippen molar-refractivity contribution < 1.29 is 9.53 Å². The van der Waals surface area contributed by atoms with Crippen LogP contribution in [0.2, 0.25) is 0 Å². The van der Waals surface area contributed by atoms with Gasteiger partial charge in [-0.3, -0.25) is 4.79 Å². The lowest BCUT2D eigenvalue weighted by atomic mass is 10.1. The first-order valence-corrected chi connectivity index (χ1v) is 7.11. The topological polar surface area (TPSA) is 38.3 Å². The second-order valence-corrected chi connectivity index (χ2v) is 5.56. The number of benzene rings is 1. The van der Waals surface area contributed by atoms with Gasteiger partial charge in [0.15, 0.2) is 0 Å². The smallest absolute Gasteiger partial charge is 0.249 e. The molecule has 104 valence electrons. The number of rotatable bonds is 5. The molecule has 1 aromatic carbocycles. The van der Waals surface area contributed by atoms with Gasteiger partial charge in [0, 0.05) is 6.04 Å². The van der Waals surface area contributed by atoms with Crippen LogP contribution in [0, 0.1) is 5.92 Å². The van der Waals surface area contributed by atoms with Crippen LogP contribution in [0.3, 0.4) is 0 Å². The average molecular weight is 261 g/mol. The third kappa shape index (κ3) is 4.35. The second kappa shape index (κ2) is 6.71. The van der Waals surface area contributed by atoms with E-state index in [2.05, 4.69) is 12.2 Å². The molecular formula is C16H23NO2. The summed E-state index contributed by atoms with van der Waals surface area (Å²) in [6.07, 6.45) is 3.01. The summed E-state index contributed by atoms with van der Waals surface area (Å²) in [5.41, 5.74) is 1.09. The Bertz CT molecular complexity index is 404. The summed E-state index contributed by atoms with van der Waals surface area (Å²) in [6.45, 7) is 4.54. The minimum absolute atomic E-state index is 0.00929. The van der Waals surface area contributed by atoms with Crippen molar-refractivity contribution in [3.63, 3.8) is 0 Å². The Balaban J connectivity index is 1.73. The van der Waals surface area contributed by atoms with Crippen LogP contribution in [0.1, 0.15) is 38.7 Å². The highest BCUT2D eigenvalue weighted by atomic mass is 16.5. The largest absolute Gasteiger partial charge is 0.364 e. The van der Waals surface area contributed by atoms with Crippen molar-refractivity contribution in [2.45, 2.75) is 51.9 Å². The summed E-state index contributed by atoms with van der Waals surface area (Å²) in [5.74, 6) is 0.737. The van der Waals surface area contributed by atoms with Crippen LogP contribution in [0.4, 0.5) is 0 Å². The van der Waals surface area contributed by atoms with Crippen LogP contribution < -0.4 is 5.32 Å². The predicted octanol–water partition coefficient (Wildman–Crippen LogP) is 2.90. The fourth-order valence-electron chi connectivity index (χ4n) is 2.53. The van der Waals surface area contributed by atoms with Crippen LogP contribution in [0.15, 0.2) is 30.3 Å². The molecule has 1 saturated carbocycles. The Morgan fingerprint density at radius 1 is 1.37 bits per heavy atom. The first-order valence-electron chi connectivity index (χ1n) is 7.11. The van der Waals surface area contributed by atoms with Gasteiger partial charge in [0.2, 0.25) is 5.91 Å². The Hall–Kier alpha value is -1.35. The number of carbonyl (C=O) groups excluding carboxylic acids is 1. The monoisotopic (exact) mass is 261 g/mol. The van der Waals surface area contributed by atoms with Gasteiger partial charge in [-0.05, 0) is 37.7 Å². The molecule has 1 N–H and O–H groups in total. The fourth-order valence-corrected chi connectivity index (χ4v) is 2.53. The van der Waals surface area contributed by atoms with E-state index < -0.39 is 6.10 Å². The van der Waals surface area contributed by atoms with Crippen molar-refractivity contribution in [1.29, 1.82) is 0 Å². The SMILES string of the molecule is CC1CCC(NC(=O)C(C)OCc2ccccc2)C1. The van der Waals surface area contributed by atoms with E-state index in [0.29, 0.717) is 12.6 Å². The summed E-state index contributed by atoms with van der Waals surface area (Å²) in [6, 6.07) is 10.3. The molecule has 0 heterocycles. The Morgan fingerprint density at radius 2 is 2.11 bits per heavy atom. The van der Waals surface area contributed by atoms with Crippen molar-refractivity contribution in [2.75, 3.05) is 0 Å². The molecule has 1 aromatic rings. The number of hydrogen-bond donors (Lipinski definition) is 1. The zero-order valence-electron chi connectivity index (χ0n) is 11.8. The van der Waals surface area contributed by atoms with Crippen molar-refractivity contribution in [3.8, 4) is 0 Å². The predicted molar refractivity (Wildman–Crippen MR) is 75.6 cm³/mol. The number of amides is 1. The van der Waals surface area contributed by atoms with Gasteiger partial charge in [-0.25, -0.2) is 0 Å². The molecule has 0 saturated heterocycles. The lowest BCUT2D eigenvalue weighted by Crippen LogP contribution is -2.40. The molecule has 1 amide bonds. The minimum atomic E-state index is -0.392. The van der Waals surface area contributed by atoms with Crippen molar-refractivity contribution >= 4 is 5.91 Å². The summed E-state index contributed by atoms with van der Waals surface area (Å²) in [5, 5.41) is 3.08. The van der Waals surface area contributed by atoms with E-state index in [1.807, 2.05) is 37.3 Å². The van der Waals surface area contributed by atoms with Gasteiger partial charge in [-0.15, -0.1) is 0 Å². The highest BCUT2D eigenvalue weighted by Crippen LogP contribution is 2.24. The maximum absolute atomic E-state index is 12.0. The molecule has 0 aromatic heterocycles. The second-order valence-electron chi connectivity index (χ2n) is 5.56. The summed E-state index contributed by atoms with van der Waals surface area (Å²) in [7, 11) is 0. The standard InChI is InChI=1S/C16H23NO2/c1-12-8-9-15(10-12)17-16(18)13(2)19-11-14-6-4-3-5-7-14/h3-7,12-13,15H,8-11H2,1-2H3,(H,17,18). The van der Waals surface area contributed by atoms with E-state index in [-0.39, 0.29) is 5.91 Å². The van der Waals surface area contributed by atoms with Crippen molar-refractivity contribution in [2.24, 2.45) is 5.92 Å². The summed E-state index contributed by atoms with van der Waals surface area (Å²) in [4.78, 5) is 12.0. The van der Waals surface area contributed by atoms with E-state index >= 15 is 0 Å². The number of nitrogens with one attached hydrogen (secondary N) is 1. The zero-order valence-corrected chi connectivity index (χ0v) is 11.8. The number of carbonyl (C=O) groups is 1. The van der Waals surface area contributed by atoms with E-state index in [4.69, 9.17) is 4.74 Å². The van der Waals surface area contributed by atoms with Crippen molar-refractivity contribution in [3.05, 3.63) is 35.9 Å². The van der Waals surface area contributed by atoms with Crippen LogP contribution in [-0.2, 0) is 16.1 Å². The molecule has 0 aliphatic heterocycles. The number of hydrogen-bond acceptors (Lipinski definition) is 2. The van der Waals surface area contributed by atoms with Gasteiger partial charge in [0.1, 0.15) is 6.10 Å². The van der Waals surface area contributed by atoms with Crippen LogP contribution in [-0.4, -0.2) is 18.1 Å². The van der Waals surface area contributed by atoms with Crippen molar-refractivity contribution in [1.82, 2.24) is 5.32 Å². The first-order chi connectivity index (χ1) is 9.15. The lowest BCUT2D eigenvalue weighted by Gasteiger charge is -2.17. The minimum Gasteiger partial charge on any atom is -0.364 e. The van der Waals surface area contributed by atoms with E-state index in [9.17, 15) is 4.79 Å². The highest BCUT2D eigenvalue weighted by molar-refractivity contribution is 5.80. The average Bonchev–Trinajstić information content (AvgIpc) is 2.82. The maximum atomic E-state index is 12.0. The molecule has 19 heavy (non-hydrogen) atoms. The molecule has 0 spiro atoms. The summed E-state index contributed by atoms with van der Waals surface area (Å²) < 4.78 is 5.61. The zero-order chi connectivity index (χ0) is 13.7. The van der Waals surface area contributed by atoms with Gasteiger partial charge < -0.3 is 10.1 Å². The first kappa shape index (κ1) is 14.1. The van der Waals surface area contributed by atoms with Gasteiger partial charge in [0.25, 0.3) is 0 Å². The molecule has 3 unspecified atom stereocenters. The number of ether oxygens (including phenoxy) is 1. The molecule has 1 aliphatic carbocycles. The third-order valence-electron chi connectivity index (χ3n) is 3.75. The molecule has 3 atom stereocenters. The van der Waals surface area contributed by atoms with Gasteiger partial charge in [-0.2, -0.15) is 0 Å². The molecule has 0 radical (unpaired) electrons. The molecular weight excluding hydrogens is 238 g/mol. The molecule has 1 aliphatic rings. The van der Waals surface area contributed by atoms with E-state index in [0.717, 1.165) is 24.3 Å². The van der Waals surface area contributed by atoms with Gasteiger partial charge >= 0.3 is 0 Å². The maximum Gasteiger partial charge on any atom is 0.249 e. The molecule has 0 bridgehead atoms. The van der Waals surface area contributed by atoms with E-state index in [1.54, 1.807) is 0 Å². The van der Waals surface area contributed by atoms with Crippen LogP contribution in [0.25, 0.3) is 0 Å². The van der Waals surface area contributed by atoms with Crippen LogP contribution in [0.5, 0.6) is 0 Å². The lowest BCUT2D eigenvalue weighted by molar-refractivity contribution is -0.133. The summed E-state index contributed by atoms with van der Waals surface area (Å²) >= 11 is 0. The molecule has 3 nitrogen and oxygen atoms in total. The molecule has 3 heteroatoms. The van der Waals surface area contributed by atoms with Crippen LogP contribution >= 0.6 is 0 Å². The third-order valence-corrected chi connectivity index (χ3v) is 3.75. The Kier molecular flexibility index (Phi) is 4.97. The Morgan fingerprint density at radius 3 is 2.74 bits per heavy atom. The molecule has 2 rings (SSSR count).